The number of esters is 1. The maximum atomic E-state index is 12.6. The molecular weight excluding hydrogens is 364 g/mol. The summed E-state index contributed by atoms with van der Waals surface area (Å²) in [5, 5.41) is 21.0. The summed E-state index contributed by atoms with van der Waals surface area (Å²) in [6.45, 7) is 14.5. The third-order valence-electron chi connectivity index (χ3n) is 6.10. The Balaban J connectivity index is 2.51. The van der Waals surface area contributed by atoms with E-state index in [1.165, 1.54) is 6.08 Å². The van der Waals surface area contributed by atoms with E-state index >= 15 is 0 Å². The molecule has 0 saturated carbocycles. The highest BCUT2D eigenvalue weighted by molar-refractivity contribution is 6.74. The molecule has 2 N–H and O–H groups in total. The monoisotopic (exact) mass is 398 g/mol. The van der Waals surface area contributed by atoms with Crippen molar-refractivity contribution in [2.24, 2.45) is 5.92 Å². The summed E-state index contributed by atoms with van der Waals surface area (Å²) in [7, 11) is -2.15. The molecule has 0 aromatic rings. The van der Waals surface area contributed by atoms with Gasteiger partial charge in [0.15, 0.2) is 8.32 Å². The lowest BCUT2D eigenvalue weighted by Gasteiger charge is -2.47. The number of aliphatic hydroxyl groups is 2. The zero-order valence-corrected chi connectivity index (χ0v) is 18.5. The zero-order valence-electron chi connectivity index (χ0n) is 17.5. The van der Waals surface area contributed by atoms with Crippen LogP contribution in [0.4, 0.5) is 0 Å². The lowest BCUT2D eigenvalue weighted by molar-refractivity contribution is -0.162. The Morgan fingerprint density at radius 3 is 2.59 bits per heavy atom. The highest BCUT2D eigenvalue weighted by Gasteiger charge is 2.61. The zero-order chi connectivity index (χ0) is 20.6. The molecule has 27 heavy (non-hydrogen) atoms. The van der Waals surface area contributed by atoms with E-state index in [1.807, 2.05) is 6.92 Å². The molecule has 1 aliphatic heterocycles. The van der Waals surface area contributed by atoms with Crippen LogP contribution in [0, 0.1) is 5.92 Å². The van der Waals surface area contributed by atoms with Gasteiger partial charge in [0.05, 0.1) is 25.9 Å². The van der Waals surface area contributed by atoms with Gasteiger partial charge in [0.2, 0.25) is 0 Å². The molecule has 1 fully saturated rings. The second-order valence-electron chi connectivity index (χ2n) is 8.91. The van der Waals surface area contributed by atoms with Crippen molar-refractivity contribution in [3.05, 3.63) is 23.3 Å². The predicted octanol–water partition coefficient (Wildman–Crippen LogP) is 2.56. The third-order valence-corrected chi connectivity index (χ3v) is 10.6. The van der Waals surface area contributed by atoms with Crippen molar-refractivity contribution >= 4 is 14.3 Å². The van der Waals surface area contributed by atoms with E-state index in [-0.39, 0.29) is 24.9 Å². The number of aliphatic hydroxyl groups excluding tert-OH is 1. The molecule has 0 spiro atoms. The van der Waals surface area contributed by atoms with Crippen molar-refractivity contribution in [2.45, 2.75) is 70.6 Å². The molecule has 0 aromatic heterocycles. The first kappa shape index (κ1) is 22.3. The van der Waals surface area contributed by atoms with Gasteiger partial charge in [-0.2, -0.15) is 0 Å². The van der Waals surface area contributed by atoms with Crippen molar-refractivity contribution in [3.63, 3.8) is 0 Å². The maximum absolute atomic E-state index is 12.6. The van der Waals surface area contributed by atoms with Crippen molar-refractivity contribution in [2.75, 3.05) is 19.8 Å². The molecule has 2 aliphatic rings. The summed E-state index contributed by atoms with van der Waals surface area (Å²) in [5.41, 5.74) is -0.222. The molecule has 1 heterocycles. The molecule has 7 heteroatoms. The minimum atomic E-state index is -2.15. The van der Waals surface area contributed by atoms with E-state index in [0.717, 1.165) is 5.57 Å². The van der Waals surface area contributed by atoms with E-state index < -0.39 is 38.0 Å². The van der Waals surface area contributed by atoms with Gasteiger partial charge in [-0.1, -0.05) is 32.9 Å². The summed E-state index contributed by atoms with van der Waals surface area (Å²) in [4.78, 5) is 12.6. The quantitative estimate of drug-likeness (QED) is 0.421. The van der Waals surface area contributed by atoms with Gasteiger partial charge < -0.3 is 24.1 Å². The highest BCUT2D eigenvalue weighted by Crippen LogP contribution is 2.48. The molecule has 6 nitrogen and oxygen atoms in total. The van der Waals surface area contributed by atoms with E-state index in [4.69, 9.17) is 13.9 Å². The summed E-state index contributed by atoms with van der Waals surface area (Å²) in [6.07, 6.45) is 2.09. The van der Waals surface area contributed by atoms with Gasteiger partial charge in [0, 0.05) is 0 Å². The molecule has 2 rings (SSSR count). The van der Waals surface area contributed by atoms with Gasteiger partial charge in [0.25, 0.3) is 0 Å². The normalized spacial score (nSPS) is 33.0. The Hall–Kier alpha value is -0.993. The van der Waals surface area contributed by atoms with Crippen LogP contribution < -0.4 is 0 Å². The molecule has 0 amide bonds. The average Bonchev–Trinajstić information content (AvgIpc) is 2.87. The lowest BCUT2D eigenvalue weighted by atomic mass is 9.71. The van der Waals surface area contributed by atoms with Gasteiger partial charge in [-0.3, -0.25) is 4.79 Å². The van der Waals surface area contributed by atoms with Crippen LogP contribution in [0.15, 0.2) is 23.3 Å². The van der Waals surface area contributed by atoms with Crippen molar-refractivity contribution in [1.29, 1.82) is 0 Å². The minimum absolute atomic E-state index is 0.00818. The van der Waals surface area contributed by atoms with Gasteiger partial charge in [-0.05, 0) is 43.1 Å². The van der Waals surface area contributed by atoms with Gasteiger partial charge in [-0.15, -0.1) is 0 Å². The Morgan fingerprint density at radius 2 is 2.07 bits per heavy atom. The summed E-state index contributed by atoms with van der Waals surface area (Å²) >= 11 is 0. The van der Waals surface area contributed by atoms with Crippen molar-refractivity contribution < 1.29 is 28.9 Å². The predicted molar refractivity (Wildman–Crippen MR) is 106 cm³/mol. The van der Waals surface area contributed by atoms with E-state index in [9.17, 15) is 15.0 Å². The first-order valence-corrected chi connectivity index (χ1v) is 12.5. The maximum Gasteiger partial charge on any atom is 0.316 e. The first-order valence-electron chi connectivity index (χ1n) is 9.57. The van der Waals surface area contributed by atoms with E-state index in [2.05, 4.69) is 33.9 Å². The molecule has 4 atom stereocenters. The Morgan fingerprint density at radius 1 is 1.44 bits per heavy atom. The fourth-order valence-electron chi connectivity index (χ4n) is 3.48. The van der Waals surface area contributed by atoms with Crippen LogP contribution in [0.2, 0.25) is 18.1 Å². The highest BCUT2D eigenvalue weighted by atomic mass is 28.4. The Bertz CT molecular complexity index is 633. The largest absolute Gasteiger partial charge is 0.465 e. The molecule has 1 aliphatic carbocycles. The SMILES string of the molecule is CCOC(=O)[C@@H]1C=C(C)[C@@H](O[Si](C)(C)C(C)(C)C)[C@H]2OC/C(=C\CO)[C@]21O. The fraction of sp³-hybridized carbons (Fsp3) is 0.750. The number of ether oxygens (including phenoxy) is 2. The number of fused-ring (bicyclic) bond motifs is 1. The summed E-state index contributed by atoms with van der Waals surface area (Å²) in [6, 6.07) is 0. The van der Waals surface area contributed by atoms with Crippen LogP contribution in [-0.4, -0.2) is 62.1 Å². The lowest BCUT2D eigenvalue weighted by Crippen LogP contribution is -2.60. The Kier molecular flexibility index (Phi) is 6.44. The topological polar surface area (TPSA) is 85.2 Å². The van der Waals surface area contributed by atoms with Gasteiger partial charge in [-0.25, -0.2) is 0 Å². The van der Waals surface area contributed by atoms with Crippen molar-refractivity contribution in [3.8, 4) is 0 Å². The second kappa shape index (κ2) is 7.79. The molecule has 0 aromatic carbocycles. The second-order valence-corrected chi connectivity index (χ2v) is 13.7. The number of carbonyl (C=O) groups excluding carboxylic acids is 1. The van der Waals surface area contributed by atoms with Crippen LogP contribution in [-0.2, 0) is 18.7 Å². The standard InChI is InChI=1S/C20H34O6Si/c1-8-24-18(22)15-11-13(2)16(26-27(6,7)19(3,4)5)17-20(15,23)14(9-10-21)12-25-17/h9,11,15-17,21,23H,8,10,12H2,1-7H3/b14-9+/t15-,16+,17+,20+/m0/s1. The molecule has 0 bridgehead atoms. The molecule has 154 valence electrons. The number of carbonyl (C=O) groups is 1. The van der Waals surface area contributed by atoms with Crippen LogP contribution >= 0.6 is 0 Å². The van der Waals surface area contributed by atoms with Crippen LogP contribution in [0.5, 0.6) is 0 Å². The van der Waals surface area contributed by atoms with Gasteiger partial charge >= 0.3 is 5.97 Å². The molecule has 0 unspecified atom stereocenters. The number of hydrogen-bond donors (Lipinski definition) is 2. The Labute approximate surface area is 163 Å². The smallest absolute Gasteiger partial charge is 0.316 e. The molecule has 1 saturated heterocycles. The molecular formula is C20H34O6Si. The van der Waals surface area contributed by atoms with Crippen molar-refractivity contribution in [1.82, 2.24) is 0 Å². The van der Waals surface area contributed by atoms with E-state index in [1.54, 1.807) is 13.0 Å². The van der Waals surface area contributed by atoms with Crippen LogP contribution in [0.3, 0.4) is 0 Å². The van der Waals surface area contributed by atoms with Gasteiger partial charge in [0.1, 0.15) is 17.6 Å². The van der Waals surface area contributed by atoms with Crippen LogP contribution in [0.1, 0.15) is 34.6 Å². The summed E-state index contributed by atoms with van der Waals surface area (Å²) in [5.74, 6) is -1.38. The fourth-order valence-corrected chi connectivity index (χ4v) is 4.78. The molecule has 0 radical (unpaired) electrons. The van der Waals surface area contributed by atoms with Crippen LogP contribution in [0.25, 0.3) is 0 Å². The summed E-state index contributed by atoms with van der Waals surface area (Å²) < 4.78 is 17.7. The van der Waals surface area contributed by atoms with E-state index in [0.29, 0.717) is 5.57 Å². The third kappa shape index (κ3) is 3.93. The first-order chi connectivity index (χ1) is 12.4. The average molecular weight is 399 g/mol. The minimum Gasteiger partial charge on any atom is -0.465 e. The number of rotatable bonds is 5. The number of hydrogen-bond acceptors (Lipinski definition) is 6.